The first-order valence-electron chi connectivity index (χ1n) is 6.39. The molecule has 0 aliphatic heterocycles. The average molecular weight is 366 g/mol. The molecule has 0 fully saturated rings. The minimum atomic E-state index is -0.571. The fourth-order valence-corrected chi connectivity index (χ4v) is 1.99. The number of hydrogen-bond acceptors (Lipinski definition) is 4. The smallest absolute Gasteiger partial charge is 0.344 e. The van der Waals surface area contributed by atoms with E-state index in [0.717, 1.165) is 5.56 Å². The maximum Gasteiger partial charge on any atom is 0.344 e. The Balaban J connectivity index is 0.00000242. The number of rotatable bonds is 4. The van der Waals surface area contributed by atoms with E-state index < -0.39 is 11.9 Å². The van der Waals surface area contributed by atoms with Gasteiger partial charge >= 0.3 is 11.9 Å². The van der Waals surface area contributed by atoms with Crippen LogP contribution in [0.15, 0.2) is 48.8 Å². The molecule has 0 aliphatic carbocycles. The van der Waals surface area contributed by atoms with Crippen LogP contribution < -0.4 is 21.5 Å². The lowest BCUT2D eigenvalue weighted by Gasteiger charge is -2.05. The molecule has 0 spiro atoms. The van der Waals surface area contributed by atoms with Gasteiger partial charge in [0.2, 0.25) is 0 Å². The van der Waals surface area contributed by atoms with Crippen LogP contribution in [-0.4, -0.2) is 26.2 Å². The van der Waals surface area contributed by atoms with Crippen LogP contribution in [0.1, 0.15) is 26.3 Å². The molecule has 6 heteroatoms. The van der Waals surface area contributed by atoms with Gasteiger partial charge in [-0.1, -0.05) is 30.3 Å². The molecule has 22 heavy (non-hydrogen) atoms. The molecule has 5 nitrogen and oxygen atoms in total. The molecule has 2 aromatic rings. The van der Waals surface area contributed by atoms with Crippen molar-refractivity contribution in [3.63, 3.8) is 0 Å². The van der Waals surface area contributed by atoms with Crippen LogP contribution >= 0.6 is 0 Å². The lowest BCUT2D eigenvalue weighted by molar-refractivity contribution is -0.688. The van der Waals surface area contributed by atoms with Gasteiger partial charge in [0.25, 0.3) is 0 Å². The molecular formula is C16H16BrNO4. The molecule has 2 rings (SSSR count). The number of ether oxygens (including phenoxy) is 2. The van der Waals surface area contributed by atoms with Crippen LogP contribution in [-0.2, 0) is 16.0 Å². The van der Waals surface area contributed by atoms with E-state index >= 15 is 0 Å². The zero-order valence-electron chi connectivity index (χ0n) is 12.3. The highest BCUT2D eigenvalue weighted by atomic mass is 79.9. The van der Waals surface area contributed by atoms with Crippen molar-refractivity contribution in [3.05, 3.63) is 65.5 Å². The Morgan fingerprint density at radius 2 is 1.55 bits per heavy atom. The lowest BCUT2D eigenvalue weighted by atomic mass is 10.1. The summed E-state index contributed by atoms with van der Waals surface area (Å²) in [5, 5.41) is 0. The van der Waals surface area contributed by atoms with Crippen LogP contribution in [0.4, 0.5) is 0 Å². The summed E-state index contributed by atoms with van der Waals surface area (Å²) in [6.45, 7) is 0.590. The van der Waals surface area contributed by atoms with Gasteiger partial charge in [0, 0.05) is 11.6 Å². The number of carbonyl (C=O) groups excluding carboxylic acids is 2. The van der Waals surface area contributed by atoms with E-state index in [9.17, 15) is 9.59 Å². The molecule has 1 aromatic carbocycles. The number of carbonyl (C=O) groups is 2. The Morgan fingerprint density at radius 1 is 0.955 bits per heavy atom. The van der Waals surface area contributed by atoms with Gasteiger partial charge in [0.15, 0.2) is 18.9 Å². The minimum absolute atomic E-state index is 0. The zero-order chi connectivity index (χ0) is 15.2. The molecule has 0 radical (unpaired) electrons. The summed E-state index contributed by atoms with van der Waals surface area (Å²) in [7, 11) is 2.55. The first-order valence-corrected chi connectivity index (χ1v) is 6.39. The SMILES string of the molecule is COC(=O)c1cc[n+](Cc2ccccc2)cc1C(=O)OC.[Br-]. The van der Waals surface area contributed by atoms with Crippen LogP contribution in [0.2, 0.25) is 0 Å². The van der Waals surface area contributed by atoms with Crippen molar-refractivity contribution in [2.75, 3.05) is 14.2 Å². The summed E-state index contributed by atoms with van der Waals surface area (Å²) in [4.78, 5) is 23.5. The number of hydrogen-bond donors (Lipinski definition) is 0. The van der Waals surface area contributed by atoms with Crippen LogP contribution in [0.25, 0.3) is 0 Å². The van der Waals surface area contributed by atoms with Crippen molar-refractivity contribution < 1.29 is 40.6 Å². The predicted molar refractivity (Wildman–Crippen MR) is 74.9 cm³/mol. The zero-order valence-corrected chi connectivity index (χ0v) is 13.9. The van der Waals surface area contributed by atoms with E-state index in [1.54, 1.807) is 18.5 Å². The lowest BCUT2D eigenvalue weighted by Crippen LogP contribution is -3.00. The van der Waals surface area contributed by atoms with E-state index in [1.165, 1.54) is 14.2 Å². The second-order valence-electron chi connectivity index (χ2n) is 4.41. The van der Waals surface area contributed by atoms with Crippen LogP contribution in [0, 0.1) is 0 Å². The van der Waals surface area contributed by atoms with Crippen molar-refractivity contribution >= 4 is 11.9 Å². The Labute approximate surface area is 139 Å². The quantitative estimate of drug-likeness (QED) is 0.494. The first-order chi connectivity index (χ1) is 10.2. The molecule has 0 unspecified atom stereocenters. The van der Waals surface area contributed by atoms with Crippen molar-refractivity contribution in [1.29, 1.82) is 0 Å². The van der Waals surface area contributed by atoms with Gasteiger partial charge in [0.05, 0.1) is 19.8 Å². The molecule has 0 atom stereocenters. The van der Waals surface area contributed by atoms with E-state index in [-0.39, 0.29) is 28.1 Å². The minimum Gasteiger partial charge on any atom is -1.00 e. The van der Waals surface area contributed by atoms with E-state index in [4.69, 9.17) is 4.74 Å². The number of nitrogens with zero attached hydrogens (tertiary/aromatic N) is 1. The number of aromatic nitrogens is 1. The molecule has 0 N–H and O–H groups in total. The van der Waals surface area contributed by atoms with Gasteiger partial charge in [-0.15, -0.1) is 0 Å². The molecule has 0 saturated carbocycles. The first kappa shape index (κ1) is 17.8. The summed E-state index contributed by atoms with van der Waals surface area (Å²) in [5.41, 5.74) is 1.46. The Bertz CT molecular complexity index is 658. The number of methoxy groups -OCH3 is 2. The maximum absolute atomic E-state index is 11.8. The highest BCUT2D eigenvalue weighted by molar-refractivity contribution is 6.02. The highest BCUT2D eigenvalue weighted by Gasteiger charge is 2.22. The van der Waals surface area contributed by atoms with E-state index in [1.807, 2.05) is 34.9 Å². The van der Waals surface area contributed by atoms with Gasteiger partial charge < -0.3 is 26.5 Å². The Morgan fingerprint density at radius 3 is 2.14 bits per heavy atom. The third kappa shape index (κ3) is 4.14. The molecular weight excluding hydrogens is 350 g/mol. The number of pyridine rings is 1. The summed E-state index contributed by atoms with van der Waals surface area (Å²) >= 11 is 0. The van der Waals surface area contributed by atoms with Gasteiger partial charge in [-0.3, -0.25) is 0 Å². The molecule has 0 saturated heterocycles. The average Bonchev–Trinajstić information content (AvgIpc) is 2.54. The monoisotopic (exact) mass is 365 g/mol. The molecule has 0 aliphatic rings. The van der Waals surface area contributed by atoms with Crippen molar-refractivity contribution in [2.24, 2.45) is 0 Å². The van der Waals surface area contributed by atoms with Gasteiger partial charge in [-0.05, 0) is 0 Å². The van der Waals surface area contributed by atoms with Gasteiger partial charge in [-0.25, -0.2) is 9.59 Å². The van der Waals surface area contributed by atoms with E-state index in [0.29, 0.717) is 6.54 Å². The summed E-state index contributed by atoms with van der Waals surface area (Å²) < 4.78 is 11.2. The number of halogens is 1. The molecule has 0 bridgehead atoms. The largest absolute Gasteiger partial charge is 1.00 e. The standard InChI is InChI=1S/C16H16NO4.BrH/c1-20-15(18)13-8-9-17(11-14(13)16(19)21-2)10-12-6-4-3-5-7-12;/h3-9,11H,10H2,1-2H3;1H/q+1;/p-1. The Hall–Kier alpha value is -2.21. The fraction of sp³-hybridized carbons (Fsp3) is 0.188. The summed E-state index contributed by atoms with van der Waals surface area (Å²) in [5.74, 6) is -1.14. The van der Waals surface area contributed by atoms with Crippen molar-refractivity contribution in [2.45, 2.75) is 6.54 Å². The van der Waals surface area contributed by atoms with Crippen LogP contribution in [0.5, 0.6) is 0 Å². The molecule has 116 valence electrons. The van der Waals surface area contributed by atoms with Gasteiger partial charge in [-0.2, -0.15) is 4.57 Å². The number of esters is 2. The third-order valence-corrected chi connectivity index (χ3v) is 3.04. The molecule has 1 aromatic heterocycles. The maximum atomic E-state index is 11.8. The molecule has 1 heterocycles. The second-order valence-corrected chi connectivity index (χ2v) is 4.41. The number of benzene rings is 1. The van der Waals surface area contributed by atoms with E-state index in [2.05, 4.69) is 4.74 Å². The van der Waals surface area contributed by atoms with Gasteiger partial charge in [0.1, 0.15) is 5.56 Å². The predicted octanol–water partition coefficient (Wildman–Crippen LogP) is -1.40. The van der Waals surface area contributed by atoms with Crippen LogP contribution in [0.3, 0.4) is 0 Å². The normalized spacial score (nSPS) is 9.55. The summed E-state index contributed by atoms with van der Waals surface area (Å²) in [6, 6.07) is 11.4. The van der Waals surface area contributed by atoms with Crippen molar-refractivity contribution in [1.82, 2.24) is 0 Å². The Kier molecular flexibility index (Phi) is 6.72. The third-order valence-electron chi connectivity index (χ3n) is 3.04. The highest BCUT2D eigenvalue weighted by Crippen LogP contribution is 2.09. The second kappa shape index (κ2) is 8.29. The topological polar surface area (TPSA) is 56.5 Å². The van der Waals surface area contributed by atoms with Crippen molar-refractivity contribution in [3.8, 4) is 0 Å². The fourth-order valence-electron chi connectivity index (χ4n) is 1.99. The molecule has 0 amide bonds. The summed E-state index contributed by atoms with van der Waals surface area (Å²) in [6.07, 6.45) is 3.32.